The molecule has 0 spiro atoms. The first-order valence-corrected chi connectivity index (χ1v) is 10.6. The number of aromatic carboxylic acids is 1. The van der Waals surface area contributed by atoms with Gasteiger partial charge in [-0.15, -0.1) is 0 Å². The molecule has 0 saturated heterocycles. The number of benzene rings is 3. The maximum atomic E-state index is 12.0. The molecule has 0 bridgehead atoms. The lowest BCUT2D eigenvalue weighted by atomic mass is 10.1. The predicted molar refractivity (Wildman–Crippen MR) is 126 cm³/mol. The van der Waals surface area contributed by atoms with Gasteiger partial charge < -0.3 is 19.3 Å². The Bertz CT molecular complexity index is 1130. The van der Waals surface area contributed by atoms with Crippen LogP contribution < -0.4 is 19.6 Å². The third kappa shape index (κ3) is 7.08. The molecule has 0 saturated carbocycles. The van der Waals surface area contributed by atoms with Gasteiger partial charge in [0.15, 0.2) is 18.1 Å². The molecule has 0 heterocycles. The molecular formula is C24H21BrN2O6. The monoisotopic (exact) mass is 512 g/mol. The topological polar surface area (TPSA) is 106 Å². The number of carboxylic acid groups (broad SMARTS) is 1. The second kappa shape index (κ2) is 11.7. The lowest BCUT2D eigenvalue weighted by molar-refractivity contribution is -0.123. The summed E-state index contributed by atoms with van der Waals surface area (Å²) in [6.07, 6.45) is 1.45. The van der Waals surface area contributed by atoms with Crippen molar-refractivity contribution in [2.45, 2.75) is 6.61 Å². The van der Waals surface area contributed by atoms with E-state index in [2.05, 4.69) is 26.5 Å². The van der Waals surface area contributed by atoms with E-state index in [-0.39, 0.29) is 18.8 Å². The zero-order valence-electron chi connectivity index (χ0n) is 17.7. The molecule has 0 aliphatic rings. The summed E-state index contributed by atoms with van der Waals surface area (Å²) in [6, 6.07) is 18.8. The molecule has 0 aromatic heterocycles. The maximum absolute atomic E-state index is 12.0. The van der Waals surface area contributed by atoms with E-state index in [9.17, 15) is 9.59 Å². The van der Waals surface area contributed by atoms with Crippen molar-refractivity contribution in [3.8, 4) is 17.2 Å². The molecule has 3 aromatic carbocycles. The molecule has 0 aliphatic heterocycles. The highest BCUT2D eigenvalue weighted by atomic mass is 79.9. The molecule has 0 unspecified atom stereocenters. The van der Waals surface area contributed by atoms with Gasteiger partial charge in [-0.1, -0.05) is 34.1 Å². The molecule has 3 rings (SSSR count). The summed E-state index contributed by atoms with van der Waals surface area (Å²) in [6.45, 7) is 0.00127. The van der Waals surface area contributed by atoms with Gasteiger partial charge in [-0.25, -0.2) is 10.2 Å². The summed E-state index contributed by atoms with van der Waals surface area (Å²) in [5, 5.41) is 13.0. The summed E-state index contributed by atoms with van der Waals surface area (Å²) < 4.78 is 17.6. The van der Waals surface area contributed by atoms with Crippen molar-refractivity contribution in [1.82, 2.24) is 5.43 Å². The summed E-state index contributed by atoms with van der Waals surface area (Å²) in [5.41, 5.74) is 3.98. The van der Waals surface area contributed by atoms with Crippen LogP contribution in [0.15, 0.2) is 76.3 Å². The van der Waals surface area contributed by atoms with Crippen LogP contribution in [-0.2, 0) is 11.4 Å². The van der Waals surface area contributed by atoms with Gasteiger partial charge in [0.25, 0.3) is 5.91 Å². The minimum Gasteiger partial charge on any atom is -0.493 e. The normalized spacial score (nSPS) is 10.6. The van der Waals surface area contributed by atoms with Crippen molar-refractivity contribution in [2.24, 2.45) is 5.10 Å². The Labute approximate surface area is 198 Å². The van der Waals surface area contributed by atoms with Crippen molar-refractivity contribution < 1.29 is 28.9 Å². The Hall–Kier alpha value is -3.85. The van der Waals surface area contributed by atoms with Crippen LogP contribution in [-0.4, -0.2) is 36.9 Å². The smallest absolute Gasteiger partial charge is 0.335 e. The second-order valence-electron chi connectivity index (χ2n) is 6.71. The van der Waals surface area contributed by atoms with Gasteiger partial charge in [-0.05, 0) is 54.1 Å². The fourth-order valence-electron chi connectivity index (χ4n) is 2.73. The molecule has 0 fully saturated rings. The first-order valence-electron chi connectivity index (χ1n) is 9.78. The van der Waals surface area contributed by atoms with Gasteiger partial charge in [-0.2, -0.15) is 5.10 Å². The molecule has 3 aromatic rings. The summed E-state index contributed by atoms with van der Waals surface area (Å²) in [4.78, 5) is 23.0. The number of hydrazone groups is 1. The van der Waals surface area contributed by atoms with Crippen LogP contribution in [0.1, 0.15) is 21.5 Å². The van der Waals surface area contributed by atoms with Gasteiger partial charge in [0.05, 0.1) is 18.9 Å². The molecule has 0 radical (unpaired) electrons. The molecule has 170 valence electrons. The molecule has 2 N–H and O–H groups in total. The van der Waals surface area contributed by atoms with E-state index < -0.39 is 11.9 Å². The van der Waals surface area contributed by atoms with Gasteiger partial charge in [-0.3, -0.25) is 4.79 Å². The Morgan fingerprint density at radius 3 is 2.42 bits per heavy atom. The van der Waals surface area contributed by atoms with E-state index in [1.807, 2.05) is 12.1 Å². The molecule has 9 heteroatoms. The van der Waals surface area contributed by atoms with Gasteiger partial charge >= 0.3 is 5.97 Å². The van der Waals surface area contributed by atoms with E-state index in [4.69, 9.17) is 19.3 Å². The van der Waals surface area contributed by atoms with Crippen molar-refractivity contribution in [2.75, 3.05) is 13.7 Å². The number of nitrogens with zero attached hydrogens (tertiary/aromatic N) is 1. The number of halogens is 1. The number of para-hydroxylation sites is 1. The zero-order valence-corrected chi connectivity index (χ0v) is 19.2. The summed E-state index contributed by atoms with van der Waals surface area (Å²) in [5.74, 6) is 0.0858. The van der Waals surface area contributed by atoms with Crippen LogP contribution in [0.2, 0.25) is 0 Å². The number of hydrogen-bond acceptors (Lipinski definition) is 6. The lowest BCUT2D eigenvalue weighted by Gasteiger charge is -2.13. The van der Waals surface area contributed by atoms with Crippen LogP contribution in [0.3, 0.4) is 0 Å². The lowest BCUT2D eigenvalue weighted by Crippen LogP contribution is -2.24. The van der Waals surface area contributed by atoms with E-state index in [0.29, 0.717) is 22.8 Å². The van der Waals surface area contributed by atoms with E-state index >= 15 is 0 Å². The molecule has 33 heavy (non-hydrogen) atoms. The number of methoxy groups -OCH3 is 1. The number of ether oxygens (including phenoxy) is 3. The maximum Gasteiger partial charge on any atom is 0.335 e. The SMILES string of the molecule is COc1cccc(/C=N\NC(=O)COc2ccc(Br)cc2)c1OCc1ccc(C(=O)O)cc1. The molecule has 0 aliphatic carbocycles. The average Bonchev–Trinajstić information content (AvgIpc) is 2.83. The van der Waals surface area contributed by atoms with Crippen molar-refractivity contribution in [3.63, 3.8) is 0 Å². The van der Waals surface area contributed by atoms with Gasteiger partial charge in [0, 0.05) is 10.0 Å². The Balaban J connectivity index is 1.61. The zero-order chi connectivity index (χ0) is 23.6. The largest absolute Gasteiger partial charge is 0.493 e. The van der Waals surface area contributed by atoms with Crippen LogP contribution in [0.5, 0.6) is 17.2 Å². The molecule has 8 nitrogen and oxygen atoms in total. The van der Waals surface area contributed by atoms with Crippen molar-refractivity contribution in [1.29, 1.82) is 0 Å². The summed E-state index contributed by atoms with van der Waals surface area (Å²) in [7, 11) is 1.52. The van der Waals surface area contributed by atoms with E-state index in [1.54, 1.807) is 42.5 Å². The summed E-state index contributed by atoms with van der Waals surface area (Å²) >= 11 is 3.34. The number of carbonyl (C=O) groups is 2. The van der Waals surface area contributed by atoms with Crippen LogP contribution in [0.25, 0.3) is 0 Å². The van der Waals surface area contributed by atoms with Crippen LogP contribution >= 0.6 is 15.9 Å². The Morgan fingerprint density at radius 2 is 1.76 bits per heavy atom. The third-order valence-electron chi connectivity index (χ3n) is 4.39. The molecule has 1 amide bonds. The average molecular weight is 513 g/mol. The highest BCUT2D eigenvalue weighted by Gasteiger charge is 2.11. The van der Waals surface area contributed by atoms with Crippen molar-refractivity contribution in [3.05, 3.63) is 87.9 Å². The standard InChI is InChI=1S/C24H21BrN2O6/c1-31-21-4-2-3-18(23(21)33-14-16-5-7-17(8-6-16)24(29)30)13-26-27-22(28)15-32-20-11-9-19(25)10-12-20/h2-13H,14-15H2,1H3,(H,27,28)(H,29,30)/b26-13-. The van der Waals surface area contributed by atoms with Crippen molar-refractivity contribution >= 4 is 34.0 Å². The number of hydrogen-bond donors (Lipinski definition) is 2. The first kappa shape index (κ1) is 23.8. The highest BCUT2D eigenvalue weighted by Crippen LogP contribution is 2.30. The molecule has 0 atom stereocenters. The van der Waals surface area contributed by atoms with E-state index in [1.165, 1.54) is 25.5 Å². The third-order valence-corrected chi connectivity index (χ3v) is 4.92. The Kier molecular flexibility index (Phi) is 8.43. The second-order valence-corrected chi connectivity index (χ2v) is 7.62. The minimum atomic E-state index is -0.991. The highest BCUT2D eigenvalue weighted by molar-refractivity contribution is 9.10. The fourth-order valence-corrected chi connectivity index (χ4v) is 3.00. The predicted octanol–water partition coefficient (Wildman–Crippen LogP) is 4.26. The van der Waals surface area contributed by atoms with Gasteiger partial charge in [0.1, 0.15) is 12.4 Å². The van der Waals surface area contributed by atoms with Crippen LogP contribution in [0.4, 0.5) is 0 Å². The number of nitrogens with one attached hydrogen (secondary N) is 1. The number of carbonyl (C=O) groups excluding carboxylic acids is 1. The first-order chi connectivity index (χ1) is 16.0. The Morgan fingerprint density at radius 1 is 1.03 bits per heavy atom. The molecular weight excluding hydrogens is 492 g/mol. The number of rotatable bonds is 10. The van der Waals surface area contributed by atoms with Gasteiger partial charge in [0.2, 0.25) is 0 Å². The minimum absolute atomic E-state index is 0.188. The quantitative estimate of drug-likeness (QED) is 0.310. The van der Waals surface area contributed by atoms with E-state index in [0.717, 1.165) is 10.0 Å². The van der Waals surface area contributed by atoms with Crippen LogP contribution in [0, 0.1) is 0 Å². The fraction of sp³-hybridized carbons (Fsp3) is 0.125. The number of carboxylic acids is 1. The number of amides is 1.